The van der Waals surface area contributed by atoms with Crippen LogP contribution >= 0.6 is 0 Å². The molecule has 0 saturated heterocycles. The Morgan fingerprint density at radius 3 is 2.70 bits per heavy atom. The van der Waals surface area contributed by atoms with Crippen LogP contribution in [0.15, 0.2) is 24.3 Å². The van der Waals surface area contributed by atoms with Gasteiger partial charge in [-0.1, -0.05) is 24.3 Å². The summed E-state index contributed by atoms with van der Waals surface area (Å²) in [5.41, 5.74) is 9.90. The van der Waals surface area contributed by atoms with Gasteiger partial charge in [0.05, 0.1) is 12.3 Å². The zero-order chi connectivity index (χ0) is 14.7. The first-order valence-corrected chi connectivity index (χ1v) is 6.56. The third-order valence-electron chi connectivity index (χ3n) is 3.41. The first-order valence-electron chi connectivity index (χ1n) is 6.56. The number of aryl methyl sites for hydroxylation is 2. The molecule has 0 saturated carbocycles. The van der Waals surface area contributed by atoms with Crippen LogP contribution in [0.5, 0.6) is 0 Å². The minimum atomic E-state index is -0.338. The average Bonchev–Trinajstić information content (AvgIpc) is 2.71. The van der Waals surface area contributed by atoms with E-state index in [1.165, 1.54) is 0 Å². The molecule has 1 heterocycles. The van der Waals surface area contributed by atoms with Crippen molar-refractivity contribution in [2.45, 2.75) is 33.4 Å². The monoisotopic (exact) mass is 273 g/mol. The van der Waals surface area contributed by atoms with E-state index < -0.39 is 0 Å². The molecule has 0 spiro atoms. The van der Waals surface area contributed by atoms with Crippen molar-refractivity contribution in [3.8, 4) is 11.1 Å². The number of nitrogens with two attached hydrogens (primary N) is 1. The molecule has 5 nitrogen and oxygen atoms in total. The SMILES string of the molecule is Cc1nn(CCC(N)=O)c(C)c1-c1ccccc1CO. The Labute approximate surface area is 118 Å². The molecule has 0 aliphatic heterocycles. The van der Waals surface area contributed by atoms with E-state index in [0.29, 0.717) is 6.54 Å². The highest BCUT2D eigenvalue weighted by Gasteiger charge is 2.15. The number of carbonyl (C=O) groups is 1. The number of aromatic nitrogens is 2. The standard InChI is InChI=1S/C15H19N3O2/c1-10-15(13-6-4-3-5-12(13)9-19)11(2)18(17-10)8-7-14(16)20/h3-6,19H,7-9H2,1-2H3,(H2,16,20). The predicted octanol–water partition coefficient (Wildman–Crippen LogP) is 1.53. The smallest absolute Gasteiger partial charge is 0.219 e. The van der Waals surface area contributed by atoms with Crippen LogP contribution in [0.25, 0.3) is 11.1 Å². The highest BCUT2D eigenvalue weighted by molar-refractivity contribution is 5.74. The normalized spacial score (nSPS) is 10.8. The number of aliphatic hydroxyl groups is 1. The van der Waals surface area contributed by atoms with E-state index in [1.54, 1.807) is 4.68 Å². The number of hydrogen-bond donors (Lipinski definition) is 2. The van der Waals surface area contributed by atoms with Gasteiger partial charge in [-0.15, -0.1) is 0 Å². The molecule has 1 aromatic carbocycles. The fraction of sp³-hybridized carbons (Fsp3) is 0.333. The van der Waals surface area contributed by atoms with Crippen LogP contribution in [0.1, 0.15) is 23.4 Å². The third kappa shape index (κ3) is 2.72. The fourth-order valence-corrected chi connectivity index (χ4v) is 2.42. The largest absolute Gasteiger partial charge is 0.392 e. The van der Waals surface area contributed by atoms with Crippen molar-refractivity contribution >= 4 is 5.91 Å². The Kier molecular flexibility index (Phi) is 4.20. The number of nitrogens with zero attached hydrogens (tertiary/aromatic N) is 2. The number of hydrogen-bond acceptors (Lipinski definition) is 3. The molecule has 2 rings (SSSR count). The summed E-state index contributed by atoms with van der Waals surface area (Å²) in [6.45, 7) is 4.35. The van der Waals surface area contributed by atoms with Crippen molar-refractivity contribution in [1.29, 1.82) is 0 Å². The van der Waals surface area contributed by atoms with Gasteiger partial charge in [0.1, 0.15) is 0 Å². The Morgan fingerprint density at radius 2 is 2.05 bits per heavy atom. The predicted molar refractivity (Wildman–Crippen MR) is 76.9 cm³/mol. The molecule has 0 radical (unpaired) electrons. The lowest BCUT2D eigenvalue weighted by Gasteiger charge is -2.08. The Balaban J connectivity index is 2.44. The number of primary amides is 1. The zero-order valence-electron chi connectivity index (χ0n) is 11.8. The lowest BCUT2D eigenvalue weighted by molar-refractivity contribution is -0.118. The summed E-state index contributed by atoms with van der Waals surface area (Å²) < 4.78 is 1.80. The molecule has 20 heavy (non-hydrogen) atoms. The lowest BCUT2D eigenvalue weighted by atomic mass is 9.98. The van der Waals surface area contributed by atoms with Gasteiger partial charge >= 0.3 is 0 Å². The van der Waals surface area contributed by atoms with Gasteiger partial charge in [-0.3, -0.25) is 9.48 Å². The van der Waals surface area contributed by atoms with E-state index in [0.717, 1.165) is 28.1 Å². The molecule has 0 unspecified atom stereocenters. The molecule has 3 N–H and O–H groups in total. The maximum Gasteiger partial charge on any atom is 0.219 e. The van der Waals surface area contributed by atoms with Crippen molar-refractivity contribution in [3.05, 3.63) is 41.2 Å². The van der Waals surface area contributed by atoms with E-state index in [1.807, 2.05) is 38.1 Å². The molecule has 0 fully saturated rings. The Hall–Kier alpha value is -2.14. The van der Waals surface area contributed by atoms with Crippen molar-refractivity contribution < 1.29 is 9.90 Å². The van der Waals surface area contributed by atoms with E-state index >= 15 is 0 Å². The Bertz CT molecular complexity index is 632. The van der Waals surface area contributed by atoms with Crippen LogP contribution in [0.3, 0.4) is 0 Å². The second-order valence-corrected chi connectivity index (χ2v) is 4.80. The van der Waals surface area contributed by atoms with Crippen LogP contribution in [0.2, 0.25) is 0 Å². The average molecular weight is 273 g/mol. The van der Waals surface area contributed by atoms with Gasteiger partial charge in [0.25, 0.3) is 0 Å². The van der Waals surface area contributed by atoms with Crippen molar-refractivity contribution in [2.75, 3.05) is 0 Å². The summed E-state index contributed by atoms with van der Waals surface area (Å²) in [6.07, 6.45) is 0.267. The summed E-state index contributed by atoms with van der Waals surface area (Å²) in [5.74, 6) is -0.338. The molecule has 2 aromatic rings. The number of carbonyl (C=O) groups excluding carboxylic acids is 1. The Morgan fingerprint density at radius 1 is 1.35 bits per heavy atom. The quantitative estimate of drug-likeness (QED) is 0.867. The molecule has 0 aliphatic rings. The summed E-state index contributed by atoms with van der Waals surface area (Å²) in [4.78, 5) is 10.9. The van der Waals surface area contributed by atoms with Gasteiger partial charge in [-0.2, -0.15) is 5.10 Å². The second kappa shape index (κ2) is 5.88. The highest BCUT2D eigenvalue weighted by Crippen LogP contribution is 2.30. The maximum absolute atomic E-state index is 10.9. The first-order chi connectivity index (χ1) is 9.54. The summed E-state index contributed by atoms with van der Waals surface area (Å²) in [6, 6.07) is 7.71. The van der Waals surface area contributed by atoms with E-state index in [2.05, 4.69) is 5.10 Å². The van der Waals surface area contributed by atoms with Crippen LogP contribution in [0.4, 0.5) is 0 Å². The molecule has 0 bridgehead atoms. The van der Waals surface area contributed by atoms with Crippen molar-refractivity contribution in [1.82, 2.24) is 9.78 Å². The van der Waals surface area contributed by atoms with E-state index in [9.17, 15) is 9.90 Å². The van der Waals surface area contributed by atoms with Crippen molar-refractivity contribution in [3.63, 3.8) is 0 Å². The lowest BCUT2D eigenvalue weighted by Crippen LogP contribution is -2.15. The zero-order valence-corrected chi connectivity index (χ0v) is 11.8. The molecule has 5 heteroatoms. The summed E-state index contributed by atoms with van der Waals surface area (Å²) >= 11 is 0. The first kappa shape index (κ1) is 14.3. The number of benzene rings is 1. The minimum Gasteiger partial charge on any atom is -0.392 e. The number of aliphatic hydroxyl groups excluding tert-OH is 1. The second-order valence-electron chi connectivity index (χ2n) is 4.80. The minimum absolute atomic E-state index is 0.0124. The molecule has 106 valence electrons. The van der Waals surface area contributed by atoms with Gasteiger partial charge in [0.15, 0.2) is 0 Å². The van der Waals surface area contributed by atoms with Gasteiger partial charge in [0.2, 0.25) is 5.91 Å². The number of amides is 1. The third-order valence-corrected chi connectivity index (χ3v) is 3.41. The molecule has 1 aromatic heterocycles. The molecule has 0 atom stereocenters. The van der Waals surface area contributed by atoms with Crippen LogP contribution in [0, 0.1) is 13.8 Å². The summed E-state index contributed by atoms with van der Waals surface area (Å²) in [7, 11) is 0. The van der Waals surface area contributed by atoms with Crippen LogP contribution in [-0.4, -0.2) is 20.8 Å². The van der Waals surface area contributed by atoms with Gasteiger partial charge < -0.3 is 10.8 Å². The highest BCUT2D eigenvalue weighted by atomic mass is 16.3. The van der Waals surface area contributed by atoms with Gasteiger partial charge in [-0.05, 0) is 25.0 Å². The maximum atomic E-state index is 10.9. The van der Waals surface area contributed by atoms with Crippen LogP contribution < -0.4 is 5.73 Å². The topological polar surface area (TPSA) is 81.1 Å². The molecular weight excluding hydrogens is 254 g/mol. The van der Waals surface area contributed by atoms with Crippen molar-refractivity contribution in [2.24, 2.45) is 5.73 Å². The fourth-order valence-electron chi connectivity index (χ4n) is 2.42. The summed E-state index contributed by atoms with van der Waals surface area (Å²) in [5, 5.41) is 13.9. The number of rotatable bonds is 5. The van der Waals surface area contributed by atoms with E-state index in [4.69, 9.17) is 5.73 Å². The van der Waals surface area contributed by atoms with E-state index in [-0.39, 0.29) is 18.9 Å². The van der Waals surface area contributed by atoms with Gasteiger partial charge in [0, 0.05) is 24.2 Å². The van der Waals surface area contributed by atoms with Gasteiger partial charge in [-0.25, -0.2) is 0 Å². The van der Waals surface area contributed by atoms with Crippen LogP contribution in [-0.2, 0) is 17.9 Å². The molecular formula is C15H19N3O2. The molecule has 1 amide bonds. The molecule has 0 aliphatic carbocycles.